The molecule has 3 atom stereocenters. The Balaban J connectivity index is 1.60. The second-order valence-electron chi connectivity index (χ2n) is 13.2. The fourth-order valence-corrected chi connectivity index (χ4v) is 7.62. The van der Waals surface area contributed by atoms with Crippen molar-refractivity contribution in [3.63, 3.8) is 0 Å². The lowest BCUT2D eigenvalue weighted by Gasteiger charge is -2.29. The maximum atomic E-state index is 13.5. The van der Waals surface area contributed by atoms with Gasteiger partial charge in [-0.05, 0) is 73.3 Å². The first-order chi connectivity index (χ1) is 21.5. The van der Waals surface area contributed by atoms with E-state index in [1.165, 1.54) is 0 Å². The van der Waals surface area contributed by atoms with E-state index in [0.717, 1.165) is 29.8 Å². The van der Waals surface area contributed by atoms with E-state index in [9.17, 15) is 36.0 Å². The number of nitrogens with two attached hydrogens (primary N) is 1. The molecule has 0 radical (unpaired) electrons. The molecule has 2 aromatic rings. The molecule has 0 aliphatic heterocycles. The second-order valence-corrected chi connectivity index (χ2v) is 15.3. The minimum atomic E-state index is -4.55. The van der Waals surface area contributed by atoms with Crippen LogP contribution in [0.4, 0.5) is 13.2 Å². The van der Waals surface area contributed by atoms with Crippen LogP contribution < -0.4 is 5.73 Å². The van der Waals surface area contributed by atoms with Gasteiger partial charge < -0.3 is 10.5 Å². The minimum absolute atomic E-state index is 0.00689. The van der Waals surface area contributed by atoms with Crippen molar-refractivity contribution < 1.29 is 40.7 Å². The Bertz CT molecular complexity index is 1420. The monoisotopic (exact) mass is 665 g/mol. The number of halogens is 3. The number of sulfone groups is 1. The molecule has 1 aliphatic carbocycles. The molecule has 0 saturated heterocycles. The van der Waals surface area contributed by atoms with Gasteiger partial charge in [0.1, 0.15) is 5.78 Å². The molecule has 0 aromatic heterocycles. The van der Waals surface area contributed by atoms with Crippen LogP contribution in [-0.2, 0) is 35.1 Å². The van der Waals surface area contributed by atoms with E-state index in [1.54, 1.807) is 0 Å². The number of ketones is 2. The smallest absolute Gasteiger partial charge is 0.416 e. The van der Waals surface area contributed by atoms with Crippen molar-refractivity contribution in [2.75, 3.05) is 12.4 Å². The van der Waals surface area contributed by atoms with Gasteiger partial charge in [-0.15, -0.1) is 0 Å². The average Bonchev–Trinajstić information content (AvgIpc) is 3.01. The minimum Gasteiger partial charge on any atom is -0.465 e. The Labute approximate surface area is 270 Å². The highest BCUT2D eigenvalue weighted by Crippen LogP contribution is 2.35. The molecule has 1 fully saturated rings. The van der Waals surface area contributed by atoms with Gasteiger partial charge in [-0.2, -0.15) is 13.2 Å². The highest BCUT2D eigenvalue weighted by atomic mass is 32.2. The van der Waals surface area contributed by atoms with Crippen molar-refractivity contribution in [3.05, 3.63) is 65.7 Å². The molecule has 2 N–H and O–H groups in total. The summed E-state index contributed by atoms with van der Waals surface area (Å²) in [7, 11) is -3.79. The highest BCUT2D eigenvalue weighted by molar-refractivity contribution is 7.91. The SMILES string of the molecule is CC(C)[C@H](N)C(=O)C[C@H](C(=O)OC[C@@H](CC(=O)C1CCC(CS(=O)(=O)c2ccc(C(F)(F)F)cc2)CC1)c1ccccc1)C(C)C. The maximum absolute atomic E-state index is 13.5. The van der Waals surface area contributed by atoms with E-state index in [1.807, 2.05) is 58.0 Å². The van der Waals surface area contributed by atoms with Gasteiger partial charge in [0, 0.05) is 24.7 Å². The molecule has 3 rings (SSSR count). The Morgan fingerprint density at radius 3 is 1.98 bits per heavy atom. The molecule has 254 valence electrons. The number of ether oxygens (including phenoxy) is 1. The second kappa shape index (κ2) is 16.2. The number of carbonyl (C=O) groups excluding carboxylic acids is 3. The van der Waals surface area contributed by atoms with Crippen molar-refractivity contribution in [1.29, 1.82) is 0 Å². The summed E-state index contributed by atoms with van der Waals surface area (Å²) in [6.07, 6.45) is -2.41. The Morgan fingerprint density at radius 2 is 1.46 bits per heavy atom. The van der Waals surface area contributed by atoms with E-state index in [0.29, 0.717) is 25.7 Å². The lowest BCUT2D eigenvalue weighted by Crippen LogP contribution is -2.38. The van der Waals surface area contributed by atoms with Gasteiger partial charge in [0.25, 0.3) is 0 Å². The van der Waals surface area contributed by atoms with Gasteiger partial charge in [-0.1, -0.05) is 58.0 Å². The van der Waals surface area contributed by atoms with E-state index in [-0.39, 0.29) is 65.3 Å². The van der Waals surface area contributed by atoms with Crippen LogP contribution in [0.3, 0.4) is 0 Å². The van der Waals surface area contributed by atoms with Gasteiger partial charge in [0.2, 0.25) is 0 Å². The topological polar surface area (TPSA) is 121 Å². The average molecular weight is 666 g/mol. The van der Waals surface area contributed by atoms with Crippen LogP contribution in [0.1, 0.15) is 83.3 Å². The van der Waals surface area contributed by atoms with Crippen molar-refractivity contribution in [2.45, 2.75) is 89.3 Å². The maximum Gasteiger partial charge on any atom is 0.416 e. The summed E-state index contributed by atoms with van der Waals surface area (Å²) < 4.78 is 70.2. The molecule has 1 aliphatic rings. The molecule has 0 unspecified atom stereocenters. The molecule has 46 heavy (non-hydrogen) atoms. The van der Waals surface area contributed by atoms with E-state index >= 15 is 0 Å². The molecule has 11 heteroatoms. The van der Waals surface area contributed by atoms with Crippen molar-refractivity contribution in [1.82, 2.24) is 0 Å². The molecule has 7 nitrogen and oxygen atoms in total. The molecule has 1 saturated carbocycles. The van der Waals surface area contributed by atoms with Crippen molar-refractivity contribution in [3.8, 4) is 0 Å². The third-order valence-corrected chi connectivity index (χ3v) is 11.0. The zero-order valence-electron chi connectivity index (χ0n) is 27.0. The number of hydrogen-bond acceptors (Lipinski definition) is 7. The Kier molecular flexibility index (Phi) is 13.2. The molecule has 0 amide bonds. The van der Waals surface area contributed by atoms with E-state index in [4.69, 9.17) is 10.5 Å². The summed E-state index contributed by atoms with van der Waals surface area (Å²) in [6, 6.07) is 12.2. The number of hydrogen-bond donors (Lipinski definition) is 1. The van der Waals surface area contributed by atoms with Gasteiger partial charge in [0.15, 0.2) is 15.6 Å². The molecular formula is C35H46F3NO6S. The first-order valence-electron chi connectivity index (χ1n) is 15.9. The summed E-state index contributed by atoms with van der Waals surface area (Å²) in [5, 5.41) is 0. The normalized spacial score (nSPS) is 19.4. The zero-order chi connectivity index (χ0) is 34.2. The third kappa shape index (κ3) is 10.5. The van der Waals surface area contributed by atoms with Crippen LogP contribution in [0, 0.1) is 29.6 Å². The largest absolute Gasteiger partial charge is 0.465 e. The van der Waals surface area contributed by atoms with Crippen LogP contribution >= 0.6 is 0 Å². The van der Waals surface area contributed by atoms with Gasteiger partial charge >= 0.3 is 12.1 Å². The number of alkyl halides is 3. The summed E-state index contributed by atoms with van der Waals surface area (Å²) in [5.74, 6) is -2.60. The lowest BCUT2D eigenvalue weighted by atomic mass is 9.78. The standard InChI is InChI=1S/C35H46F3NO6S/c1-22(2)30(19-32(41)33(39)23(3)4)34(42)45-20-27(25-8-6-5-7-9-25)18-31(40)26-12-10-24(11-13-26)21-46(43,44)29-16-14-28(15-17-29)35(36,37)38/h5-9,14-17,22-24,26-27,30,33H,10-13,18-21,39H2,1-4H3/t24?,26?,27-,30+,33+/m1/s1. The molecule has 0 heterocycles. The summed E-state index contributed by atoms with van der Waals surface area (Å²) in [4.78, 5) is 39.1. The van der Waals surface area contributed by atoms with Crippen LogP contribution in [0.5, 0.6) is 0 Å². The zero-order valence-corrected chi connectivity index (χ0v) is 27.8. The molecular weight excluding hydrogens is 619 g/mol. The summed E-state index contributed by atoms with van der Waals surface area (Å²) in [5.41, 5.74) is 5.95. The first kappa shape index (κ1) is 37.4. The number of rotatable bonds is 15. The van der Waals surface area contributed by atoms with Gasteiger partial charge in [-0.25, -0.2) is 8.42 Å². The number of carbonyl (C=O) groups is 3. The fraction of sp³-hybridized carbons (Fsp3) is 0.571. The highest BCUT2D eigenvalue weighted by Gasteiger charge is 2.34. The molecule has 2 aromatic carbocycles. The van der Waals surface area contributed by atoms with Gasteiger partial charge in [-0.3, -0.25) is 14.4 Å². The number of esters is 1. The molecule has 0 spiro atoms. The summed E-state index contributed by atoms with van der Waals surface area (Å²) >= 11 is 0. The number of benzene rings is 2. The third-order valence-electron chi connectivity index (χ3n) is 9.06. The van der Waals surface area contributed by atoms with Crippen molar-refractivity contribution >= 4 is 27.4 Å². The van der Waals surface area contributed by atoms with Crippen LogP contribution in [0.15, 0.2) is 59.5 Å². The Morgan fingerprint density at radius 1 is 0.870 bits per heavy atom. The first-order valence-corrected chi connectivity index (χ1v) is 17.6. The predicted molar refractivity (Wildman–Crippen MR) is 169 cm³/mol. The quantitative estimate of drug-likeness (QED) is 0.208. The Hall–Kier alpha value is -3.05. The van der Waals surface area contributed by atoms with Crippen LogP contribution in [0.2, 0.25) is 0 Å². The van der Waals surface area contributed by atoms with Crippen LogP contribution in [-0.4, -0.2) is 44.4 Å². The summed E-state index contributed by atoms with van der Waals surface area (Å²) in [6.45, 7) is 7.38. The molecule has 0 bridgehead atoms. The van der Waals surface area contributed by atoms with E-state index < -0.39 is 45.4 Å². The fourth-order valence-electron chi connectivity index (χ4n) is 5.92. The number of Topliss-reactive ketones (excluding diaryl/α,β-unsaturated/α-hetero) is 2. The lowest BCUT2D eigenvalue weighted by molar-refractivity contribution is -0.153. The van der Waals surface area contributed by atoms with Crippen molar-refractivity contribution in [2.24, 2.45) is 35.3 Å². The predicted octanol–water partition coefficient (Wildman–Crippen LogP) is 6.79. The van der Waals surface area contributed by atoms with Gasteiger partial charge in [0.05, 0.1) is 34.8 Å². The van der Waals surface area contributed by atoms with Crippen LogP contribution in [0.25, 0.3) is 0 Å². The van der Waals surface area contributed by atoms with E-state index in [2.05, 4.69) is 0 Å².